The molecule has 0 unspecified atom stereocenters. The number of piperazine rings is 1. The van der Waals surface area contributed by atoms with Gasteiger partial charge in [-0.3, -0.25) is 61.6 Å². The number of fused-ring (bicyclic) bond motifs is 8. The molecule has 0 amide bonds. The Labute approximate surface area is 722 Å². The van der Waals surface area contributed by atoms with Gasteiger partial charge in [0, 0.05) is 81.3 Å². The van der Waals surface area contributed by atoms with E-state index in [-0.39, 0.29) is 28.8 Å². The van der Waals surface area contributed by atoms with Crippen LogP contribution >= 0.6 is 0 Å². The molecule has 0 aromatic carbocycles. The van der Waals surface area contributed by atoms with Gasteiger partial charge in [0.25, 0.3) is 22.2 Å². The highest BCUT2D eigenvalue weighted by molar-refractivity contribution is 5.71. The maximum Gasteiger partial charge on any atom is 0.258 e. The number of aromatic nitrogens is 20. The predicted molar refractivity (Wildman–Crippen MR) is 485 cm³/mol. The normalized spacial score (nSPS) is 16.1. The maximum absolute atomic E-state index is 13.2. The van der Waals surface area contributed by atoms with Crippen LogP contribution in [0.15, 0.2) is 148 Å². The van der Waals surface area contributed by atoms with Crippen LogP contribution in [0.5, 0.6) is 0 Å². The van der Waals surface area contributed by atoms with Crippen LogP contribution in [0, 0.1) is 69.2 Å². The summed E-state index contributed by atoms with van der Waals surface area (Å²) in [5.74, 6) is 1.48. The SMILES string of the molecule is CCc1nc(C)cn2nc(-c3cc(=O)n4cc(C5CCN(C)CC5)ccc4n3)cc12.Cc1cn2nc(-c3cc(=O)n4cc(C5CCN(C)CC5)cc(C)c4n3)cc2c(C)n1.Cc1cn2nc(-c3cc(=O)n4cc(C5CCNCC5)cc(C)c4n3)cc2c(C)n1.Cc1cn2nc(-c3cc(=O)n4cc(N5CCN(CCOCCO)[C@H](C)C5)cc(C)c4n3)cc2c(C)n1. The molecule has 16 aromatic rings. The number of piperidine rings is 3. The zero-order chi connectivity index (χ0) is 87.3. The van der Waals surface area contributed by atoms with E-state index in [0.29, 0.717) is 105 Å². The van der Waals surface area contributed by atoms with Gasteiger partial charge in [-0.25, -0.2) is 38.0 Å². The number of pyridine rings is 4. The predicted octanol–water partition coefficient (Wildman–Crippen LogP) is 10.9. The Morgan fingerprint density at radius 1 is 0.408 bits per heavy atom. The van der Waals surface area contributed by atoms with Crippen molar-refractivity contribution < 1.29 is 9.84 Å². The Kier molecular flexibility index (Phi) is 24.1. The monoisotopic (exact) mass is 1680 g/mol. The number of aliphatic hydroxyl groups is 1. The van der Waals surface area contributed by atoms with Crippen molar-refractivity contribution in [2.75, 3.05) is 104 Å². The van der Waals surface area contributed by atoms with Gasteiger partial charge in [0.15, 0.2) is 0 Å². The van der Waals surface area contributed by atoms with Gasteiger partial charge in [-0.15, -0.1) is 0 Å². The van der Waals surface area contributed by atoms with Crippen molar-refractivity contribution in [3.05, 3.63) is 249 Å². The van der Waals surface area contributed by atoms with E-state index in [0.717, 1.165) is 200 Å². The van der Waals surface area contributed by atoms with E-state index < -0.39 is 0 Å². The van der Waals surface area contributed by atoms with E-state index in [1.807, 2.05) is 163 Å². The minimum atomic E-state index is -0.129. The molecule has 4 fully saturated rings. The summed E-state index contributed by atoms with van der Waals surface area (Å²) in [5.41, 5.74) is 26.0. The van der Waals surface area contributed by atoms with Gasteiger partial charge in [-0.1, -0.05) is 25.1 Å². The third-order valence-corrected chi connectivity index (χ3v) is 24.9. The first kappa shape index (κ1) is 84.7. The van der Waals surface area contributed by atoms with E-state index in [2.05, 4.69) is 117 Å². The fourth-order valence-electron chi connectivity index (χ4n) is 18.2. The first-order chi connectivity index (χ1) is 60.2. The van der Waals surface area contributed by atoms with Crippen LogP contribution in [0.2, 0.25) is 0 Å². The lowest BCUT2D eigenvalue weighted by atomic mass is 9.90. The molecule has 0 spiro atoms. The summed E-state index contributed by atoms with van der Waals surface area (Å²) in [7, 11) is 4.32. The molecule has 4 aliphatic heterocycles. The largest absolute Gasteiger partial charge is 0.394 e. The summed E-state index contributed by atoms with van der Waals surface area (Å²) in [6.07, 6.45) is 22.9. The van der Waals surface area contributed by atoms with Gasteiger partial charge in [-0.2, -0.15) is 20.4 Å². The summed E-state index contributed by atoms with van der Waals surface area (Å²) in [5, 5.41) is 30.9. The van der Waals surface area contributed by atoms with Gasteiger partial charge in [0.1, 0.15) is 45.4 Å². The topological polar surface area (TPSA) is 313 Å². The average molecular weight is 1690 g/mol. The lowest BCUT2D eigenvalue weighted by molar-refractivity contribution is 0.0624. The molecule has 0 bridgehead atoms. The second-order valence-corrected chi connectivity index (χ2v) is 34.4. The number of anilines is 1. The molecule has 31 heteroatoms. The molecular weight excluding hydrogens is 1580 g/mol. The first-order valence-electron chi connectivity index (χ1n) is 43.5. The maximum atomic E-state index is 13.2. The molecule has 4 saturated heterocycles. The summed E-state index contributed by atoms with van der Waals surface area (Å²) in [6, 6.07) is 25.0. The number of aryl methyl sites for hydroxylation is 11. The van der Waals surface area contributed by atoms with Gasteiger partial charge in [0.05, 0.1) is 141 Å². The molecule has 4 aliphatic rings. The lowest BCUT2D eigenvalue weighted by Crippen LogP contribution is -2.52. The molecule has 16 aromatic heterocycles. The molecule has 1 atom stereocenters. The molecular formula is C94H109N25O6. The second kappa shape index (κ2) is 35.6. The Morgan fingerprint density at radius 2 is 0.808 bits per heavy atom. The molecule has 125 heavy (non-hydrogen) atoms. The van der Waals surface area contributed by atoms with Crippen LogP contribution in [0.4, 0.5) is 5.69 Å². The van der Waals surface area contributed by atoms with Crippen molar-refractivity contribution in [3.8, 4) is 45.6 Å². The van der Waals surface area contributed by atoms with Gasteiger partial charge < -0.3 is 29.9 Å². The van der Waals surface area contributed by atoms with Crippen molar-refractivity contribution in [1.29, 1.82) is 0 Å². The highest BCUT2D eigenvalue weighted by Gasteiger charge is 2.28. The third-order valence-electron chi connectivity index (χ3n) is 24.9. The lowest BCUT2D eigenvalue weighted by Gasteiger charge is -2.41. The number of rotatable bonds is 14. The van der Waals surface area contributed by atoms with Crippen molar-refractivity contribution in [2.45, 2.75) is 152 Å². The number of hydrogen-bond acceptors (Lipinski definition) is 23. The van der Waals surface area contributed by atoms with E-state index in [4.69, 9.17) is 29.8 Å². The van der Waals surface area contributed by atoms with Gasteiger partial charge >= 0.3 is 0 Å². The van der Waals surface area contributed by atoms with Crippen LogP contribution in [0.25, 0.3) is 90.2 Å². The smallest absolute Gasteiger partial charge is 0.258 e. The summed E-state index contributed by atoms with van der Waals surface area (Å²) >= 11 is 0. The Morgan fingerprint density at radius 3 is 1.26 bits per heavy atom. The minimum Gasteiger partial charge on any atom is -0.394 e. The zero-order valence-corrected chi connectivity index (χ0v) is 73.8. The average Bonchev–Trinajstić information content (AvgIpc) is 1.64. The number of nitrogens with one attached hydrogen (secondary N) is 1. The number of aliphatic hydroxyl groups excluding tert-OH is 1. The summed E-state index contributed by atoms with van der Waals surface area (Å²) < 4.78 is 19.4. The number of hydrogen-bond donors (Lipinski definition) is 2. The van der Waals surface area contributed by atoms with E-state index >= 15 is 0 Å². The molecule has 0 aliphatic carbocycles. The minimum absolute atomic E-state index is 0.0518. The molecule has 0 saturated carbocycles. The van der Waals surface area contributed by atoms with E-state index in [9.17, 15) is 19.2 Å². The highest BCUT2D eigenvalue weighted by Crippen LogP contribution is 2.34. The molecule has 2 N–H and O–H groups in total. The summed E-state index contributed by atoms with van der Waals surface area (Å²) in [4.78, 5) is 98.8. The van der Waals surface area contributed by atoms with E-state index in [1.54, 1.807) is 46.4 Å². The number of ether oxygens (including phenoxy) is 1. The van der Waals surface area contributed by atoms with Crippen LogP contribution in [0.1, 0.15) is 149 Å². The Hall–Kier alpha value is -12.5. The number of nitrogens with zero attached hydrogens (tertiary/aromatic N) is 24. The third kappa shape index (κ3) is 17.9. The number of likely N-dealkylation sites (tertiary alicyclic amines) is 2. The van der Waals surface area contributed by atoms with Crippen molar-refractivity contribution >= 4 is 50.3 Å². The summed E-state index contributed by atoms with van der Waals surface area (Å²) in [6.45, 7) is 34.9. The molecule has 31 nitrogen and oxygen atoms in total. The van der Waals surface area contributed by atoms with Crippen molar-refractivity contribution in [2.24, 2.45) is 0 Å². The molecule has 20 heterocycles. The van der Waals surface area contributed by atoms with Crippen LogP contribution < -0.4 is 32.5 Å². The van der Waals surface area contributed by atoms with Crippen molar-refractivity contribution in [3.63, 3.8) is 0 Å². The zero-order valence-electron chi connectivity index (χ0n) is 73.8. The fraction of sp³-hybridized carbons (Fsp3) is 0.404. The standard InChI is InChI=1S/C26H33N7O3.2C23H26N6O.C22H24N6O/c1-17-11-21(31-6-5-30(19(3)15-31)7-9-36-10-8-34)16-32-25(35)13-22(28-26(17)32)23-12-24-20(4)27-18(2)14-33(24)29-23;1-14-9-18(17-5-7-27(4)8-6-17)13-28-22(30)11-19(25-23(14)28)20-10-21-16(3)24-15(2)12-29(21)26-20;1-4-18-21-11-20(26-29(21)13-15(2)24-18)19-12-23(30)28-14-17(5-6-22(28)25-19)16-7-9-27(3)10-8-16;1-13-8-17(16-4-6-23-7-5-16)12-27-21(29)10-18(25-22(13)27)19-9-20-15(3)24-14(2)11-28(20)26-19/h11-14,16,19,34H,5-10,15H2,1-4H3;9-13,17H,5-8H2,1-4H3;5-6,11-14,16H,4,7-10H2,1-3H3;8-12,16,23H,4-7H2,1-3H3/t19-;;;/m1.../s1. The second-order valence-electron chi connectivity index (χ2n) is 34.4. The van der Waals surface area contributed by atoms with Crippen LogP contribution in [-0.4, -0.2) is 221 Å². The van der Waals surface area contributed by atoms with Crippen LogP contribution in [-0.2, 0) is 11.2 Å². The first-order valence-corrected chi connectivity index (χ1v) is 43.5. The van der Waals surface area contributed by atoms with Crippen LogP contribution in [0.3, 0.4) is 0 Å². The molecule has 20 rings (SSSR count). The van der Waals surface area contributed by atoms with Gasteiger partial charge in [-0.05, 0) is 262 Å². The Balaban J connectivity index is 0.000000118. The molecule has 0 radical (unpaired) electrons. The fourth-order valence-corrected chi connectivity index (χ4v) is 18.2. The molecule has 646 valence electrons. The van der Waals surface area contributed by atoms with E-state index in [1.165, 1.54) is 16.7 Å². The quantitative estimate of drug-likeness (QED) is 0.0956. The Bertz CT molecular complexity index is 7050. The van der Waals surface area contributed by atoms with Gasteiger partial charge in [0.2, 0.25) is 0 Å². The van der Waals surface area contributed by atoms with Crippen molar-refractivity contribution in [1.82, 2.24) is 116 Å². The highest BCUT2D eigenvalue weighted by atomic mass is 16.5.